The molecule has 5 unspecified atom stereocenters. The van der Waals surface area contributed by atoms with Crippen LogP contribution in [0.15, 0.2) is 66.7 Å². The smallest absolute Gasteiger partial charge is 0.255 e. The van der Waals surface area contributed by atoms with E-state index in [-0.39, 0.29) is 11.3 Å². The number of hydrogen-bond acceptors (Lipinski definition) is 3. The number of primary amides is 1. The third-order valence-corrected chi connectivity index (χ3v) is 9.82. The van der Waals surface area contributed by atoms with Crippen molar-refractivity contribution < 1.29 is 9.59 Å². The van der Waals surface area contributed by atoms with Gasteiger partial charge in [-0.25, -0.2) is 0 Å². The van der Waals surface area contributed by atoms with Crippen LogP contribution in [0.2, 0.25) is 0 Å². The van der Waals surface area contributed by atoms with Gasteiger partial charge in [-0.1, -0.05) is 44.2 Å². The van der Waals surface area contributed by atoms with Gasteiger partial charge in [0.05, 0.1) is 0 Å². The molecule has 5 nitrogen and oxygen atoms in total. The Kier molecular flexibility index (Phi) is 4.78. The molecular formula is C32H33N3O2. The van der Waals surface area contributed by atoms with Crippen LogP contribution in [-0.4, -0.2) is 34.8 Å². The fourth-order valence-corrected chi connectivity index (χ4v) is 7.54. The highest BCUT2D eigenvalue weighted by molar-refractivity contribution is 6.04. The molecule has 188 valence electrons. The lowest BCUT2D eigenvalue weighted by atomic mass is 9.67. The van der Waals surface area contributed by atoms with Crippen molar-refractivity contribution in [1.29, 1.82) is 0 Å². The molecule has 37 heavy (non-hydrogen) atoms. The Bertz CT molecular complexity index is 1430. The Morgan fingerprint density at radius 2 is 1.62 bits per heavy atom. The summed E-state index contributed by atoms with van der Waals surface area (Å²) in [5, 5.41) is 3.08. The highest BCUT2D eigenvalue weighted by atomic mass is 16.2. The lowest BCUT2D eigenvalue weighted by Gasteiger charge is -2.41. The van der Waals surface area contributed by atoms with Crippen molar-refractivity contribution in [3.63, 3.8) is 0 Å². The van der Waals surface area contributed by atoms with Gasteiger partial charge in [-0.05, 0) is 102 Å². The molecular weight excluding hydrogens is 458 g/mol. The summed E-state index contributed by atoms with van der Waals surface area (Å²) in [6.45, 7) is 6.15. The van der Waals surface area contributed by atoms with Gasteiger partial charge in [0.2, 0.25) is 5.91 Å². The van der Waals surface area contributed by atoms with Crippen LogP contribution >= 0.6 is 0 Å². The summed E-state index contributed by atoms with van der Waals surface area (Å²) in [5.74, 6) is 1.03. The molecule has 1 aliphatic heterocycles. The van der Waals surface area contributed by atoms with Gasteiger partial charge in [-0.3, -0.25) is 14.5 Å². The van der Waals surface area contributed by atoms with E-state index in [1.54, 1.807) is 12.1 Å². The number of nitrogens with two attached hydrogens (primary N) is 1. The number of carbonyl (C=O) groups excluding carboxylic acids is 2. The minimum absolute atomic E-state index is 0.0728. The third-order valence-electron chi connectivity index (χ3n) is 9.82. The molecule has 1 spiro atoms. The summed E-state index contributed by atoms with van der Waals surface area (Å²) < 4.78 is 0. The second-order valence-electron chi connectivity index (χ2n) is 12.0. The third kappa shape index (κ3) is 3.47. The second kappa shape index (κ2) is 7.78. The summed E-state index contributed by atoms with van der Waals surface area (Å²) in [7, 11) is 0. The first kappa shape index (κ1) is 22.7. The molecule has 3 aliphatic carbocycles. The maximum absolute atomic E-state index is 13.2. The van der Waals surface area contributed by atoms with E-state index in [1.165, 1.54) is 36.9 Å². The van der Waals surface area contributed by atoms with Crippen LogP contribution in [0.3, 0.4) is 0 Å². The van der Waals surface area contributed by atoms with Crippen molar-refractivity contribution in [2.24, 2.45) is 17.6 Å². The number of amides is 2. The van der Waals surface area contributed by atoms with Crippen LogP contribution < -0.4 is 11.1 Å². The molecule has 0 radical (unpaired) electrons. The maximum Gasteiger partial charge on any atom is 0.255 e. The fraction of sp³-hybridized carbons (Fsp3) is 0.375. The first-order chi connectivity index (χ1) is 17.8. The molecule has 1 saturated heterocycles. The van der Waals surface area contributed by atoms with E-state index in [9.17, 15) is 9.59 Å². The van der Waals surface area contributed by atoms with Crippen molar-refractivity contribution in [3.05, 3.63) is 89.0 Å². The normalized spacial score (nSPS) is 30.8. The zero-order valence-electron chi connectivity index (χ0n) is 21.5. The monoisotopic (exact) mass is 491 g/mol. The Hall–Kier alpha value is -3.44. The van der Waals surface area contributed by atoms with Gasteiger partial charge in [-0.15, -0.1) is 0 Å². The highest BCUT2D eigenvalue weighted by Gasteiger charge is 2.75. The molecule has 3 aromatic carbocycles. The van der Waals surface area contributed by atoms with Gasteiger partial charge in [0.15, 0.2) is 0 Å². The molecule has 2 bridgehead atoms. The summed E-state index contributed by atoms with van der Waals surface area (Å²) in [5.41, 5.74) is 12.6. The summed E-state index contributed by atoms with van der Waals surface area (Å²) >= 11 is 0. The van der Waals surface area contributed by atoms with Gasteiger partial charge in [0.25, 0.3) is 5.91 Å². The molecule has 5 heteroatoms. The first-order valence-corrected chi connectivity index (χ1v) is 13.5. The molecule has 5 atom stereocenters. The molecule has 2 saturated carbocycles. The molecule has 3 fully saturated rings. The molecule has 0 aromatic heterocycles. The van der Waals surface area contributed by atoms with E-state index in [4.69, 9.17) is 5.73 Å². The average Bonchev–Trinajstić information content (AvgIpc) is 3.80. The Morgan fingerprint density at radius 3 is 2.27 bits per heavy atom. The number of fused-ring (bicyclic) bond motifs is 3. The van der Waals surface area contributed by atoms with Crippen LogP contribution in [0.5, 0.6) is 0 Å². The minimum Gasteiger partial charge on any atom is -0.366 e. The van der Waals surface area contributed by atoms with Gasteiger partial charge < -0.3 is 11.1 Å². The zero-order valence-corrected chi connectivity index (χ0v) is 21.5. The number of benzene rings is 3. The van der Waals surface area contributed by atoms with Gasteiger partial charge in [0.1, 0.15) is 0 Å². The van der Waals surface area contributed by atoms with Gasteiger partial charge in [0, 0.05) is 34.9 Å². The Labute approximate surface area is 218 Å². The van der Waals surface area contributed by atoms with E-state index in [1.807, 2.05) is 42.5 Å². The number of likely N-dealkylation sites (tertiary alicyclic amines) is 1. The fourth-order valence-electron chi connectivity index (χ4n) is 7.54. The standard InChI is InChI=1S/C32H33N3O2/c1-19-28-32(35(28)17-20-3-4-20)16-25-10-9-24(15-27(25)31(19,2)18-32)30(37)34-26-13-11-22(12-14-26)21-5-7-23(8-6-21)29(33)36/h5-15,19-20,28H,3-4,16-18H2,1-2H3,(H2,33,36)(H,34,37). The average molecular weight is 492 g/mol. The Balaban J connectivity index is 1.08. The SMILES string of the molecule is CC1C2N(CC3CC3)C23Cc2ccc(C(=O)Nc4ccc(-c5ccc(C(N)=O)cc5)cc4)cc2C1(C)C3. The van der Waals surface area contributed by atoms with E-state index >= 15 is 0 Å². The Morgan fingerprint density at radius 1 is 0.973 bits per heavy atom. The largest absolute Gasteiger partial charge is 0.366 e. The molecule has 3 N–H and O–H groups in total. The van der Waals surface area contributed by atoms with Crippen molar-refractivity contribution >= 4 is 17.5 Å². The second-order valence-corrected chi connectivity index (χ2v) is 12.0. The molecule has 4 aliphatic rings. The van der Waals surface area contributed by atoms with Gasteiger partial charge in [-0.2, -0.15) is 0 Å². The van der Waals surface area contributed by atoms with Crippen molar-refractivity contribution in [1.82, 2.24) is 4.90 Å². The molecule has 7 rings (SSSR count). The summed E-state index contributed by atoms with van der Waals surface area (Å²) in [6, 6.07) is 22.1. The zero-order chi connectivity index (χ0) is 25.5. The summed E-state index contributed by atoms with van der Waals surface area (Å²) in [6.07, 6.45) is 5.17. The topological polar surface area (TPSA) is 75.2 Å². The minimum atomic E-state index is -0.435. The maximum atomic E-state index is 13.2. The van der Waals surface area contributed by atoms with Crippen LogP contribution in [0.25, 0.3) is 11.1 Å². The van der Waals surface area contributed by atoms with Gasteiger partial charge >= 0.3 is 0 Å². The highest BCUT2D eigenvalue weighted by Crippen LogP contribution is 2.68. The van der Waals surface area contributed by atoms with E-state index in [0.717, 1.165) is 34.7 Å². The predicted octanol–water partition coefficient (Wildman–Crippen LogP) is 5.39. The number of piperidine rings is 1. The van der Waals surface area contributed by atoms with E-state index in [2.05, 4.69) is 36.2 Å². The molecule has 3 aromatic rings. The number of hydrogen-bond donors (Lipinski definition) is 2. The lowest BCUT2D eigenvalue weighted by molar-refractivity contribution is 0.0997. The number of nitrogens with one attached hydrogen (secondary N) is 1. The summed E-state index contributed by atoms with van der Waals surface area (Å²) in [4.78, 5) is 27.4. The molecule has 2 amide bonds. The van der Waals surface area contributed by atoms with Crippen LogP contribution in [0.4, 0.5) is 5.69 Å². The van der Waals surface area contributed by atoms with Crippen molar-refractivity contribution in [3.8, 4) is 11.1 Å². The number of carbonyl (C=O) groups is 2. The van der Waals surface area contributed by atoms with Crippen LogP contribution in [-0.2, 0) is 11.8 Å². The number of anilines is 1. The van der Waals surface area contributed by atoms with Crippen molar-refractivity contribution in [2.45, 2.75) is 56.5 Å². The lowest BCUT2D eigenvalue weighted by Crippen LogP contribution is -2.40. The van der Waals surface area contributed by atoms with E-state index < -0.39 is 5.91 Å². The first-order valence-electron chi connectivity index (χ1n) is 13.5. The van der Waals surface area contributed by atoms with E-state index in [0.29, 0.717) is 23.1 Å². The van der Waals surface area contributed by atoms with Crippen LogP contribution in [0.1, 0.15) is 65.0 Å². The van der Waals surface area contributed by atoms with Crippen LogP contribution in [0, 0.1) is 11.8 Å². The van der Waals surface area contributed by atoms with Crippen molar-refractivity contribution in [2.75, 3.05) is 11.9 Å². The number of nitrogens with zero attached hydrogens (tertiary/aromatic N) is 1. The quantitative estimate of drug-likeness (QED) is 0.454. The molecule has 1 heterocycles. The number of rotatable bonds is 6. The predicted molar refractivity (Wildman–Crippen MR) is 146 cm³/mol.